The summed E-state index contributed by atoms with van der Waals surface area (Å²) in [4.78, 5) is 4.62. The molecule has 2 heterocycles. The van der Waals surface area contributed by atoms with Gasteiger partial charge in [0.15, 0.2) is 0 Å². The van der Waals surface area contributed by atoms with E-state index in [4.69, 9.17) is 9.84 Å². The highest BCUT2D eigenvalue weighted by Crippen LogP contribution is 2.33. The Balaban J connectivity index is 1.99. The third-order valence-electron chi connectivity index (χ3n) is 4.23. The molecule has 1 aromatic rings. The van der Waals surface area contributed by atoms with Crippen molar-refractivity contribution in [2.45, 2.75) is 51.5 Å². The van der Waals surface area contributed by atoms with Crippen LogP contribution in [0.25, 0.3) is 0 Å². The topological polar surface area (TPSA) is 39.4 Å². The average molecular weight is 387 g/mol. The van der Waals surface area contributed by atoms with Gasteiger partial charge in [-0.3, -0.25) is 4.68 Å². The molecule has 0 radical (unpaired) electrons. The molecule has 1 aliphatic heterocycles. The minimum Gasteiger partial charge on any atom is -0.476 e. The van der Waals surface area contributed by atoms with Gasteiger partial charge >= 0.3 is 0 Å². The number of hydrogen-bond donors (Lipinski definition) is 0. The number of hydrogen-bond acceptors (Lipinski definition) is 3. The molecule has 1 aromatic heterocycles. The summed E-state index contributed by atoms with van der Waals surface area (Å²) in [6, 6.07) is 0.551. The smallest absolute Gasteiger partial charge is 0.235 e. The second kappa shape index (κ2) is 6.45. The zero-order valence-electron chi connectivity index (χ0n) is 12.1. The first-order valence-corrected chi connectivity index (χ1v) is 9.21. The fraction of sp³-hybridized carbons (Fsp3) is 0.733. The van der Waals surface area contributed by atoms with Gasteiger partial charge in [0.25, 0.3) is 0 Å². The van der Waals surface area contributed by atoms with Crippen LogP contribution in [0.3, 0.4) is 0 Å². The van der Waals surface area contributed by atoms with Crippen molar-refractivity contribution in [2.24, 2.45) is 4.99 Å². The highest BCUT2D eigenvalue weighted by molar-refractivity contribution is 14.1. The number of aromatic nitrogens is 2. The number of rotatable bonds is 4. The van der Waals surface area contributed by atoms with Gasteiger partial charge in [-0.25, -0.2) is 4.99 Å². The Hall–Kier alpha value is -0.590. The molecule has 0 amide bonds. The quantitative estimate of drug-likeness (QED) is 0.588. The van der Waals surface area contributed by atoms with Crippen molar-refractivity contribution < 1.29 is 4.74 Å². The van der Waals surface area contributed by atoms with Crippen LogP contribution in [0.1, 0.15) is 55.6 Å². The minimum absolute atomic E-state index is 0.551. The normalized spacial score (nSPS) is 19.0. The van der Waals surface area contributed by atoms with Crippen LogP contribution in [0, 0.1) is 0 Å². The minimum atomic E-state index is 0.551. The molecule has 5 heteroatoms. The van der Waals surface area contributed by atoms with Crippen molar-refractivity contribution in [3.8, 4) is 0 Å². The van der Waals surface area contributed by atoms with Crippen LogP contribution in [0.4, 0.5) is 0 Å². The van der Waals surface area contributed by atoms with Gasteiger partial charge in [0.1, 0.15) is 5.69 Å². The van der Waals surface area contributed by atoms with E-state index in [9.17, 15) is 0 Å². The lowest BCUT2D eigenvalue weighted by molar-refractivity contribution is 0.325. The number of aliphatic imine (C=N–C) groups is 1. The second-order valence-corrected chi connectivity index (χ2v) is 6.56. The van der Waals surface area contributed by atoms with Crippen molar-refractivity contribution in [3.05, 3.63) is 17.0 Å². The molecule has 0 atom stereocenters. The molecule has 0 spiro atoms. The van der Waals surface area contributed by atoms with Crippen molar-refractivity contribution >= 4 is 28.5 Å². The second-order valence-electron chi connectivity index (χ2n) is 5.48. The van der Waals surface area contributed by atoms with Gasteiger partial charge in [0.05, 0.1) is 18.3 Å². The van der Waals surface area contributed by atoms with Gasteiger partial charge in [-0.1, -0.05) is 42.4 Å². The number of aryl methyl sites for hydroxylation is 1. The summed E-state index contributed by atoms with van der Waals surface area (Å²) < 4.78 is 9.13. The first-order chi connectivity index (χ1) is 9.85. The van der Waals surface area contributed by atoms with Gasteiger partial charge in [-0.15, -0.1) is 0 Å². The van der Waals surface area contributed by atoms with Crippen LogP contribution < -0.4 is 0 Å². The molecule has 1 saturated carbocycles. The van der Waals surface area contributed by atoms with Crippen LogP contribution in [0.15, 0.2) is 4.99 Å². The standard InChI is InChI=1S/C15H22IN3O/c1-2-13-12-7-9-17-15(20-10-8-16)14(12)19(18-13)11-5-3-4-6-11/h11H,2-10H2,1H3. The number of halogens is 1. The third kappa shape index (κ3) is 2.61. The summed E-state index contributed by atoms with van der Waals surface area (Å²) in [6.45, 7) is 3.77. The number of nitrogens with zero attached hydrogens (tertiary/aromatic N) is 3. The maximum atomic E-state index is 5.90. The molecule has 0 N–H and O–H groups in total. The lowest BCUT2D eigenvalue weighted by Crippen LogP contribution is -2.22. The third-order valence-corrected chi connectivity index (χ3v) is 4.67. The van der Waals surface area contributed by atoms with Crippen molar-refractivity contribution in [3.63, 3.8) is 0 Å². The van der Waals surface area contributed by atoms with Crippen LogP contribution >= 0.6 is 22.6 Å². The maximum absolute atomic E-state index is 5.90. The number of alkyl halides is 1. The predicted molar refractivity (Wildman–Crippen MR) is 89.1 cm³/mol. The Bertz CT molecular complexity index is 503. The van der Waals surface area contributed by atoms with Crippen molar-refractivity contribution in [1.82, 2.24) is 9.78 Å². The van der Waals surface area contributed by atoms with Gasteiger partial charge < -0.3 is 4.74 Å². The number of fused-ring (bicyclic) bond motifs is 1. The van der Waals surface area contributed by atoms with E-state index in [1.54, 1.807) is 0 Å². The van der Waals surface area contributed by atoms with Crippen LogP contribution in [0.5, 0.6) is 0 Å². The predicted octanol–water partition coefficient (Wildman–Crippen LogP) is 3.31. The van der Waals surface area contributed by atoms with E-state index in [0.717, 1.165) is 36.3 Å². The molecule has 1 fully saturated rings. The summed E-state index contributed by atoms with van der Waals surface area (Å²) in [5.74, 6) is 0.835. The maximum Gasteiger partial charge on any atom is 0.235 e. The van der Waals surface area contributed by atoms with Gasteiger partial charge in [0, 0.05) is 16.5 Å². The Kier molecular flexibility index (Phi) is 4.63. The van der Waals surface area contributed by atoms with Gasteiger partial charge in [-0.2, -0.15) is 5.10 Å². The molecule has 20 heavy (non-hydrogen) atoms. The van der Waals surface area contributed by atoms with E-state index in [2.05, 4.69) is 39.2 Å². The highest BCUT2D eigenvalue weighted by Gasteiger charge is 2.29. The van der Waals surface area contributed by atoms with E-state index in [-0.39, 0.29) is 0 Å². The molecular formula is C15H22IN3O. The molecule has 110 valence electrons. The molecular weight excluding hydrogens is 365 g/mol. The monoisotopic (exact) mass is 387 g/mol. The first kappa shape index (κ1) is 14.4. The molecule has 0 unspecified atom stereocenters. The zero-order valence-corrected chi connectivity index (χ0v) is 14.2. The molecule has 3 rings (SSSR count). The summed E-state index contributed by atoms with van der Waals surface area (Å²) in [5, 5.41) is 4.90. The Morgan fingerprint density at radius 1 is 1.35 bits per heavy atom. The summed E-state index contributed by atoms with van der Waals surface area (Å²) in [5.41, 5.74) is 3.82. The van der Waals surface area contributed by atoms with Crippen LogP contribution in [-0.2, 0) is 17.6 Å². The molecule has 1 aliphatic carbocycles. The molecule has 2 aliphatic rings. The SMILES string of the molecule is CCc1nn(C2CCCC2)c2c1CCN=C2OCCI. The summed E-state index contributed by atoms with van der Waals surface area (Å²) in [6.07, 6.45) is 7.15. The first-order valence-electron chi connectivity index (χ1n) is 7.69. The van der Waals surface area contributed by atoms with E-state index in [1.807, 2.05) is 0 Å². The van der Waals surface area contributed by atoms with Crippen molar-refractivity contribution in [2.75, 3.05) is 17.6 Å². The Labute approximate surface area is 134 Å². The molecule has 4 nitrogen and oxygen atoms in total. The summed E-state index contributed by atoms with van der Waals surface area (Å²) in [7, 11) is 0. The van der Waals surface area contributed by atoms with Crippen LogP contribution in [0.2, 0.25) is 0 Å². The van der Waals surface area contributed by atoms with E-state index in [1.165, 1.54) is 42.6 Å². The average Bonchev–Trinajstić information content (AvgIpc) is 3.11. The zero-order chi connectivity index (χ0) is 13.9. The van der Waals surface area contributed by atoms with E-state index < -0.39 is 0 Å². The van der Waals surface area contributed by atoms with Crippen molar-refractivity contribution in [1.29, 1.82) is 0 Å². The van der Waals surface area contributed by atoms with E-state index >= 15 is 0 Å². The van der Waals surface area contributed by atoms with Gasteiger partial charge in [-0.05, 0) is 25.7 Å². The Morgan fingerprint density at radius 2 is 2.15 bits per heavy atom. The number of ether oxygens (including phenoxy) is 1. The molecule has 0 saturated heterocycles. The Morgan fingerprint density at radius 3 is 2.85 bits per heavy atom. The lowest BCUT2D eigenvalue weighted by Gasteiger charge is -2.19. The summed E-state index contributed by atoms with van der Waals surface area (Å²) >= 11 is 2.34. The molecule has 0 aromatic carbocycles. The largest absolute Gasteiger partial charge is 0.476 e. The fourth-order valence-corrected chi connectivity index (χ4v) is 3.52. The van der Waals surface area contributed by atoms with Gasteiger partial charge in [0.2, 0.25) is 5.90 Å². The highest BCUT2D eigenvalue weighted by atomic mass is 127. The molecule has 0 bridgehead atoms. The lowest BCUT2D eigenvalue weighted by atomic mass is 10.0. The fourth-order valence-electron chi connectivity index (χ4n) is 3.30. The van der Waals surface area contributed by atoms with E-state index in [0.29, 0.717) is 6.04 Å². The van der Waals surface area contributed by atoms with Crippen LogP contribution in [-0.4, -0.2) is 33.3 Å².